The maximum absolute atomic E-state index is 12.4. The average molecular weight is 341 g/mol. The van der Waals surface area contributed by atoms with Crippen LogP contribution in [0.4, 0.5) is 0 Å². The van der Waals surface area contributed by atoms with Crippen molar-refractivity contribution < 1.29 is 14.3 Å². The summed E-state index contributed by atoms with van der Waals surface area (Å²) >= 11 is 0. The molecule has 2 atom stereocenters. The molecule has 1 aromatic rings. The summed E-state index contributed by atoms with van der Waals surface area (Å²) in [6.07, 6.45) is 2.19. The van der Waals surface area contributed by atoms with E-state index in [9.17, 15) is 4.79 Å². The second kappa shape index (κ2) is 8.41. The third-order valence-corrected chi connectivity index (χ3v) is 4.79. The van der Waals surface area contributed by atoms with E-state index in [-0.39, 0.29) is 24.9 Å². The molecule has 0 aromatic heterocycles. The minimum Gasteiger partial charge on any atom is -0.493 e. The zero-order valence-electron chi connectivity index (χ0n) is 13.5. The van der Waals surface area contributed by atoms with Crippen LogP contribution in [0.5, 0.6) is 11.5 Å². The summed E-state index contributed by atoms with van der Waals surface area (Å²) in [4.78, 5) is 14.3. The highest BCUT2D eigenvalue weighted by atomic mass is 35.5. The van der Waals surface area contributed by atoms with Gasteiger partial charge in [-0.2, -0.15) is 0 Å². The number of halogens is 1. The molecular formula is C17H25ClN2O3. The molecule has 2 fully saturated rings. The molecule has 2 saturated heterocycles. The molecule has 0 aliphatic carbocycles. The minimum atomic E-state index is 0. The summed E-state index contributed by atoms with van der Waals surface area (Å²) in [6.45, 7) is 3.97. The molecule has 2 aliphatic rings. The van der Waals surface area contributed by atoms with Gasteiger partial charge < -0.3 is 19.7 Å². The van der Waals surface area contributed by atoms with Crippen LogP contribution in [0.2, 0.25) is 0 Å². The van der Waals surface area contributed by atoms with Gasteiger partial charge in [-0.15, -0.1) is 12.4 Å². The van der Waals surface area contributed by atoms with E-state index in [1.807, 2.05) is 29.2 Å². The molecule has 0 saturated carbocycles. The molecule has 1 amide bonds. The number of fused-ring (bicyclic) bond motifs is 1. The van der Waals surface area contributed by atoms with E-state index < -0.39 is 0 Å². The maximum Gasteiger partial charge on any atom is 0.260 e. The topological polar surface area (TPSA) is 50.8 Å². The Kier molecular flexibility index (Phi) is 6.54. The zero-order valence-corrected chi connectivity index (χ0v) is 14.3. The van der Waals surface area contributed by atoms with Crippen LogP contribution in [-0.4, -0.2) is 50.7 Å². The Morgan fingerprint density at radius 1 is 1.17 bits per heavy atom. The van der Waals surface area contributed by atoms with Gasteiger partial charge in [0, 0.05) is 13.1 Å². The lowest BCUT2D eigenvalue weighted by Gasteiger charge is -2.21. The molecule has 3 rings (SSSR count). The van der Waals surface area contributed by atoms with Crippen LogP contribution >= 0.6 is 12.4 Å². The number of ether oxygens (including phenoxy) is 2. The number of rotatable bonds is 4. The normalized spacial score (nSPS) is 23.4. The summed E-state index contributed by atoms with van der Waals surface area (Å²) in [6, 6.07) is 7.42. The standard InChI is InChI=1S/C17H24N2O3.ClH/c1-21-15-4-2-3-5-16(15)22-12-17(20)19-8-6-13-10-18-11-14(13)7-9-19;/h2-5,13-14,18H,6-12H2,1H3;1H/t13-,14+;. The molecule has 0 spiro atoms. The fraction of sp³-hybridized carbons (Fsp3) is 0.588. The fourth-order valence-electron chi connectivity index (χ4n) is 3.44. The van der Waals surface area contributed by atoms with Gasteiger partial charge in [0.15, 0.2) is 18.1 Å². The van der Waals surface area contributed by atoms with Gasteiger partial charge in [-0.25, -0.2) is 0 Å². The minimum absolute atomic E-state index is 0. The molecule has 1 N–H and O–H groups in total. The smallest absolute Gasteiger partial charge is 0.260 e. The highest BCUT2D eigenvalue weighted by molar-refractivity contribution is 5.85. The molecule has 6 heteroatoms. The lowest BCUT2D eigenvalue weighted by Crippen LogP contribution is -2.36. The summed E-state index contributed by atoms with van der Waals surface area (Å²) in [7, 11) is 1.60. The second-order valence-corrected chi connectivity index (χ2v) is 6.08. The summed E-state index contributed by atoms with van der Waals surface area (Å²) < 4.78 is 10.9. The molecule has 128 valence electrons. The average Bonchev–Trinajstić information content (AvgIpc) is 2.91. The van der Waals surface area contributed by atoms with Crippen LogP contribution in [0.15, 0.2) is 24.3 Å². The van der Waals surface area contributed by atoms with Crippen molar-refractivity contribution in [2.75, 3.05) is 39.9 Å². The van der Waals surface area contributed by atoms with E-state index in [4.69, 9.17) is 9.47 Å². The molecule has 0 bridgehead atoms. The number of methoxy groups -OCH3 is 1. The first-order chi connectivity index (χ1) is 10.8. The van der Waals surface area contributed by atoms with Crippen molar-refractivity contribution in [3.63, 3.8) is 0 Å². The van der Waals surface area contributed by atoms with Crippen LogP contribution in [0.1, 0.15) is 12.8 Å². The number of carbonyl (C=O) groups excluding carboxylic acids is 1. The Morgan fingerprint density at radius 2 is 1.78 bits per heavy atom. The fourth-order valence-corrected chi connectivity index (χ4v) is 3.44. The van der Waals surface area contributed by atoms with Crippen LogP contribution < -0.4 is 14.8 Å². The van der Waals surface area contributed by atoms with Gasteiger partial charge >= 0.3 is 0 Å². The third kappa shape index (κ3) is 4.30. The lowest BCUT2D eigenvalue weighted by molar-refractivity contribution is -0.133. The monoisotopic (exact) mass is 340 g/mol. The quantitative estimate of drug-likeness (QED) is 0.910. The van der Waals surface area contributed by atoms with Crippen LogP contribution in [-0.2, 0) is 4.79 Å². The van der Waals surface area contributed by atoms with E-state index >= 15 is 0 Å². The predicted octanol–water partition coefficient (Wildman–Crippen LogP) is 1.95. The van der Waals surface area contributed by atoms with Gasteiger partial charge in [0.2, 0.25) is 0 Å². The highest BCUT2D eigenvalue weighted by Crippen LogP contribution is 2.28. The predicted molar refractivity (Wildman–Crippen MR) is 91.4 cm³/mol. The van der Waals surface area contributed by atoms with Crippen molar-refractivity contribution >= 4 is 18.3 Å². The van der Waals surface area contributed by atoms with Crippen molar-refractivity contribution in [3.8, 4) is 11.5 Å². The molecule has 2 aliphatic heterocycles. The third-order valence-electron chi connectivity index (χ3n) is 4.79. The van der Waals surface area contributed by atoms with E-state index in [1.54, 1.807) is 7.11 Å². The first-order valence-corrected chi connectivity index (χ1v) is 8.02. The summed E-state index contributed by atoms with van der Waals surface area (Å²) in [5, 5.41) is 3.45. The first kappa shape index (κ1) is 17.9. The van der Waals surface area contributed by atoms with Crippen molar-refractivity contribution in [3.05, 3.63) is 24.3 Å². The highest BCUT2D eigenvalue weighted by Gasteiger charge is 2.31. The number of nitrogens with zero attached hydrogens (tertiary/aromatic N) is 1. The summed E-state index contributed by atoms with van der Waals surface area (Å²) in [5.41, 5.74) is 0. The number of nitrogens with one attached hydrogen (secondary N) is 1. The largest absolute Gasteiger partial charge is 0.493 e. The second-order valence-electron chi connectivity index (χ2n) is 6.08. The van der Waals surface area contributed by atoms with Gasteiger partial charge in [-0.05, 0) is 49.9 Å². The Labute approximate surface area is 143 Å². The molecule has 23 heavy (non-hydrogen) atoms. The lowest BCUT2D eigenvalue weighted by atomic mass is 9.92. The zero-order chi connectivity index (χ0) is 15.4. The molecule has 5 nitrogen and oxygen atoms in total. The van der Waals surface area contributed by atoms with Gasteiger partial charge in [0.05, 0.1) is 7.11 Å². The van der Waals surface area contributed by atoms with Gasteiger partial charge in [-0.1, -0.05) is 12.1 Å². The molecule has 2 heterocycles. The number of likely N-dealkylation sites (tertiary alicyclic amines) is 1. The number of amides is 1. The Balaban J connectivity index is 0.00000192. The van der Waals surface area contributed by atoms with Crippen molar-refractivity contribution in [1.29, 1.82) is 0 Å². The van der Waals surface area contributed by atoms with Crippen LogP contribution in [0.25, 0.3) is 0 Å². The Hall–Kier alpha value is -1.46. The number of carbonyl (C=O) groups is 1. The van der Waals surface area contributed by atoms with Gasteiger partial charge in [0.25, 0.3) is 5.91 Å². The Morgan fingerprint density at radius 3 is 2.39 bits per heavy atom. The van der Waals surface area contributed by atoms with E-state index in [1.165, 1.54) is 0 Å². The van der Waals surface area contributed by atoms with E-state index in [0.717, 1.165) is 50.9 Å². The number of hydrogen-bond donors (Lipinski definition) is 1. The SMILES string of the molecule is COc1ccccc1OCC(=O)N1CC[C@@H]2CNC[C@@H]2CC1.Cl. The molecule has 0 radical (unpaired) electrons. The Bertz CT molecular complexity index is 512. The maximum atomic E-state index is 12.4. The van der Waals surface area contributed by atoms with Crippen molar-refractivity contribution in [2.45, 2.75) is 12.8 Å². The van der Waals surface area contributed by atoms with Gasteiger partial charge in [0.1, 0.15) is 0 Å². The van der Waals surface area contributed by atoms with Crippen LogP contribution in [0.3, 0.4) is 0 Å². The van der Waals surface area contributed by atoms with Crippen molar-refractivity contribution in [1.82, 2.24) is 10.2 Å². The number of hydrogen-bond acceptors (Lipinski definition) is 4. The summed E-state index contributed by atoms with van der Waals surface area (Å²) in [5.74, 6) is 2.81. The molecular weight excluding hydrogens is 316 g/mol. The van der Waals surface area contributed by atoms with Crippen molar-refractivity contribution in [2.24, 2.45) is 11.8 Å². The first-order valence-electron chi connectivity index (χ1n) is 8.02. The molecule has 1 aromatic carbocycles. The number of benzene rings is 1. The van der Waals surface area contributed by atoms with E-state index in [2.05, 4.69) is 5.32 Å². The van der Waals surface area contributed by atoms with E-state index in [0.29, 0.717) is 11.5 Å². The molecule has 0 unspecified atom stereocenters. The van der Waals surface area contributed by atoms with Gasteiger partial charge in [-0.3, -0.25) is 4.79 Å². The number of para-hydroxylation sites is 2. The van der Waals surface area contributed by atoms with Crippen LogP contribution in [0, 0.1) is 11.8 Å².